The number of nitrogens with one attached hydrogen (secondary N) is 1. The van der Waals surface area contributed by atoms with Gasteiger partial charge in [-0.05, 0) is 44.9 Å². The Morgan fingerprint density at radius 3 is 2.65 bits per heavy atom. The second-order valence-corrected chi connectivity index (χ2v) is 12.5. The number of hydrogen-bond acceptors (Lipinski definition) is 13. The van der Waals surface area contributed by atoms with Gasteiger partial charge in [0.05, 0.1) is 19.1 Å². The van der Waals surface area contributed by atoms with Gasteiger partial charge in [0.15, 0.2) is 23.2 Å². The molecule has 3 heterocycles. The molecule has 0 aliphatic carbocycles. The number of para-hydroxylation sites is 1. The Labute approximate surface area is 267 Å². The number of nitrogens with zero attached hydrogens (tertiary/aromatic N) is 5. The second-order valence-electron chi connectivity index (χ2n) is 10.8. The summed E-state index contributed by atoms with van der Waals surface area (Å²) in [4.78, 5) is 39.2. The average Bonchev–Trinajstić information content (AvgIpc) is 3.62. The Morgan fingerprint density at radius 1 is 1.24 bits per heavy atom. The summed E-state index contributed by atoms with van der Waals surface area (Å²) in [7, 11) is 0.610. The number of carbonyl (C=O) groups excluding carboxylic acids is 2. The number of carbonyl (C=O) groups is 2. The molecule has 2 aromatic heterocycles. The van der Waals surface area contributed by atoms with Gasteiger partial charge in [0.25, 0.3) is 0 Å². The Balaban J connectivity index is 1.58. The highest BCUT2D eigenvalue weighted by molar-refractivity contribution is 7.52. The first-order valence-electron chi connectivity index (χ1n) is 14.4. The molecule has 0 saturated heterocycles. The number of benzene rings is 1. The number of nitrogens with two attached hydrogens (primary N) is 1. The molecule has 1 aromatic carbocycles. The van der Waals surface area contributed by atoms with E-state index in [1.54, 1.807) is 53.7 Å². The molecular formula is C30H38N7O8P. The van der Waals surface area contributed by atoms with Crippen LogP contribution in [-0.2, 0) is 39.3 Å². The Kier molecular flexibility index (Phi) is 10.9. The lowest BCUT2D eigenvalue weighted by molar-refractivity contribution is -0.149. The number of esters is 2. The van der Waals surface area contributed by atoms with Gasteiger partial charge in [-0.2, -0.15) is 15.1 Å². The minimum atomic E-state index is -4.30. The highest BCUT2D eigenvalue weighted by Crippen LogP contribution is 2.47. The Bertz CT molecular complexity index is 1700. The molecule has 246 valence electrons. The monoisotopic (exact) mass is 655 g/mol. The van der Waals surface area contributed by atoms with Crippen LogP contribution in [0, 0.1) is 18.3 Å². The third-order valence-corrected chi connectivity index (χ3v) is 8.32. The molecule has 0 fully saturated rings. The van der Waals surface area contributed by atoms with Crippen LogP contribution in [0.5, 0.6) is 5.75 Å². The van der Waals surface area contributed by atoms with Gasteiger partial charge in [0, 0.05) is 20.5 Å². The average molecular weight is 656 g/mol. The number of imidazole rings is 1. The molecule has 1 aliphatic rings. The molecule has 1 unspecified atom stereocenters. The van der Waals surface area contributed by atoms with Crippen molar-refractivity contribution in [3.8, 4) is 18.1 Å². The molecule has 0 amide bonds. The van der Waals surface area contributed by atoms with E-state index in [9.17, 15) is 14.2 Å². The lowest BCUT2D eigenvalue weighted by Crippen LogP contribution is -2.36. The van der Waals surface area contributed by atoms with Crippen molar-refractivity contribution in [1.82, 2.24) is 24.6 Å². The molecular weight excluding hydrogens is 617 g/mol. The van der Waals surface area contributed by atoms with Crippen molar-refractivity contribution in [3.63, 3.8) is 0 Å². The van der Waals surface area contributed by atoms with E-state index in [1.807, 2.05) is 14.1 Å². The maximum atomic E-state index is 14.2. The smallest absolute Gasteiger partial charge is 0.459 e. The van der Waals surface area contributed by atoms with Gasteiger partial charge in [0.1, 0.15) is 30.5 Å². The Hall–Kier alpha value is -4.64. The van der Waals surface area contributed by atoms with Crippen molar-refractivity contribution in [2.24, 2.45) is 5.92 Å². The van der Waals surface area contributed by atoms with E-state index in [0.29, 0.717) is 22.5 Å². The molecule has 4 rings (SSSR count). The van der Waals surface area contributed by atoms with Crippen LogP contribution in [0.4, 0.5) is 11.8 Å². The van der Waals surface area contributed by atoms with Crippen molar-refractivity contribution in [2.75, 3.05) is 38.4 Å². The van der Waals surface area contributed by atoms with Crippen LogP contribution in [-0.4, -0.2) is 71.4 Å². The van der Waals surface area contributed by atoms with Gasteiger partial charge in [0.2, 0.25) is 5.95 Å². The van der Waals surface area contributed by atoms with E-state index in [-0.39, 0.29) is 36.9 Å². The molecule has 0 saturated carbocycles. The first kappa shape index (κ1) is 34.2. The summed E-state index contributed by atoms with van der Waals surface area (Å²) in [6, 6.07) is 5.65. The van der Waals surface area contributed by atoms with Crippen molar-refractivity contribution in [1.29, 1.82) is 0 Å². The number of ether oxygens (including phenoxy) is 3. The third kappa shape index (κ3) is 8.14. The van der Waals surface area contributed by atoms with Crippen LogP contribution in [0.1, 0.15) is 39.0 Å². The minimum Gasteiger partial charge on any atom is -0.471 e. The van der Waals surface area contributed by atoms with Gasteiger partial charge >= 0.3 is 19.7 Å². The molecule has 0 radical (unpaired) electrons. The predicted octanol–water partition coefficient (Wildman–Crippen LogP) is 3.38. The molecule has 4 atom stereocenters. The maximum absolute atomic E-state index is 14.2. The van der Waals surface area contributed by atoms with E-state index in [2.05, 4.69) is 26.0 Å². The van der Waals surface area contributed by atoms with Gasteiger partial charge in [-0.25, -0.2) is 9.55 Å². The molecule has 0 bridgehead atoms. The number of fused-ring (bicyclic) bond motifs is 1. The first-order valence-corrected chi connectivity index (χ1v) is 16.0. The van der Waals surface area contributed by atoms with E-state index >= 15 is 0 Å². The summed E-state index contributed by atoms with van der Waals surface area (Å²) in [6.07, 6.45) is 8.17. The van der Waals surface area contributed by atoms with Crippen LogP contribution >= 0.6 is 7.75 Å². The summed E-state index contributed by atoms with van der Waals surface area (Å²) >= 11 is 0. The molecule has 0 spiro atoms. The number of aryl methyl sites for hydroxylation is 1. The van der Waals surface area contributed by atoms with Crippen molar-refractivity contribution >= 4 is 42.6 Å². The summed E-state index contributed by atoms with van der Waals surface area (Å²) in [5, 5.41) is 2.66. The zero-order valence-corrected chi connectivity index (χ0v) is 27.4. The van der Waals surface area contributed by atoms with Gasteiger partial charge in [-0.3, -0.25) is 18.7 Å². The van der Waals surface area contributed by atoms with Crippen LogP contribution in [0.2, 0.25) is 0 Å². The summed E-state index contributed by atoms with van der Waals surface area (Å²) in [6.45, 7) is 4.52. The highest BCUT2D eigenvalue weighted by Gasteiger charge is 2.37. The highest BCUT2D eigenvalue weighted by atomic mass is 31.2. The molecule has 1 aliphatic heterocycles. The van der Waals surface area contributed by atoms with E-state index in [0.717, 1.165) is 0 Å². The fraction of sp³-hybridized carbons (Fsp3) is 0.433. The lowest BCUT2D eigenvalue weighted by atomic mass is 10.1. The number of nitrogen functional groups attached to an aromatic ring is 1. The topological polar surface area (TPSA) is 182 Å². The fourth-order valence-electron chi connectivity index (χ4n) is 4.54. The number of terminal acetylenes is 1. The van der Waals surface area contributed by atoms with Crippen LogP contribution in [0.15, 0.2) is 42.4 Å². The molecule has 3 aromatic rings. The Morgan fingerprint density at radius 2 is 1.98 bits per heavy atom. The molecule has 3 N–H and O–H groups in total. The minimum absolute atomic E-state index is 0.0471. The largest absolute Gasteiger partial charge is 0.471 e. The van der Waals surface area contributed by atoms with Crippen molar-refractivity contribution < 1.29 is 37.4 Å². The number of methoxy groups -OCH3 is 1. The van der Waals surface area contributed by atoms with Gasteiger partial charge < -0.3 is 29.4 Å². The van der Waals surface area contributed by atoms with E-state index in [4.69, 9.17) is 35.4 Å². The second kappa shape index (κ2) is 14.6. The first-order chi connectivity index (χ1) is 21.8. The zero-order chi connectivity index (χ0) is 33.6. The molecule has 15 nitrogen and oxygen atoms in total. The maximum Gasteiger partial charge on any atom is 0.459 e. The number of aromatic nitrogens is 4. The summed E-state index contributed by atoms with van der Waals surface area (Å²) in [5.41, 5.74) is 7.45. The number of hydrogen-bond donors (Lipinski definition) is 2. The zero-order valence-electron chi connectivity index (χ0n) is 26.5. The van der Waals surface area contributed by atoms with Gasteiger partial charge in [-0.15, -0.1) is 6.42 Å². The number of anilines is 2. The van der Waals surface area contributed by atoms with Crippen LogP contribution in [0.25, 0.3) is 11.2 Å². The normalized spacial score (nSPS) is 17.8. The standard InChI is InChI=1S/C30H38N7O8P/c1-8-20-15-22(44-28(20)37-17-32-25-26(36(5)6)33-30(31)34-27(25)37)16-42-46(40,35-19(4)29(39)43-18(2)3)45-23-12-10-9-11-21(23)13-14-24(38)41-7/h1,9-12,15,17-20,28H,13-14,16H2,2-7H3,(H,35,40)(H2,31,33,34)/t19-,20-,28+,46?/m0/s1. The van der Waals surface area contributed by atoms with Crippen LogP contribution < -0.4 is 20.2 Å². The van der Waals surface area contributed by atoms with Crippen molar-refractivity contribution in [2.45, 2.75) is 52.0 Å². The van der Waals surface area contributed by atoms with Gasteiger partial charge in [-0.1, -0.05) is 24.1 Å². The molecule has 16 heteroatoms. The summed E-state index contributed by atoms with van der Waals surface area (Å²) in [5.74, 6) is 2.04. The van der Waals surface area contributed by atoms with Crippen LogP contribution in [0.3, 0.4) is 0 Å². The predicted molar refractivity (Wildman–Crippen MR) is 169 cm³/mol. The summed E-state index contributed by atoms with van der Waals surface area (Å²) < 4.78 is 43.8. The van der Waals surface area contributed by atoms with Crippen molar-refractivity contribution in [3.05, 3.63) is 48.0 Å². The van der Waals surface area contributed by atoms with E-state index < -0.39 is 44.0 Å². The SMILES string of the molecule is C#C[C@H]1C=C(COP(=O)(N[C@@H](C)C(=O)OC(C)C)Oc2ccccc2CCC(=O)OC)O[C@H]1n1cnc2c(N(C)C)nc(N)nc21. The third-order valence-electron chi connectivity index (χ3n) is 6.71. The molecule has 46 heavy (non-hydrogen) atoms. The number of rotatable bonds is 14. The fourth-order valence-corrected chi connectivity index (χ4v) is 6.03. The lowest BCUT2D eigenvalue weighted by Gasteiger charge is -2.25. The van der Waals surface area contributed by atoms with E-state index in [1.165, 1.54) is 20.4 Å². The quantitative estimate of drug-likeness (QED) is 0.146.